The molecule has 15 heavy (non-hydrogen) atoms. The summed E-state index contributed by atoms with van der Waals surface area (Å²) in [5, 5.41) is 5.81. The van der Waals surface area contributed by atoms with Crippen molar-refractivity contribution in [3.63, 3.8) is 0 Å². The number of amides is 1. The minimum atomic E-state index is -0.142. The van der Waals surface area contributed by atoms with Crippen LogP contribution in [-0.2, 0) is 9.53 Å². The Labute approximate surface area is 90.3 Å². The summed E-state index contributed by atoms with van der Waals surface area (Å²) in [7, 11) is 1.63. The number of aliphatic imine (C=N–C) groups is 1. The Bertz CT molecular complexity index is 253. The Kier molecular flexibility index (Phi) is 4.55. The third-order valence-electron chi connectivity index (χ3n) is 2.59. The molecule has 0 bridgehead atoms. The summed E-state index contributed by atoms with van der Waals surface area (Å²) in [6.07, 6.45) is 0.969. The van der Waals surface area contributed by atoms with Gasteiger partial charge < -0.3 is 10.1 Å². The molecule has 0 aromatic carbocycles. The molecule has 2 N–H and O–H groups in total. The number of ether oxygens (including phenoxy) is 1. The molecule has 1 aliphatic rings. The monoisotopic (exact) mass is 213 g/mol. The third-order valence-corrected chi connectivity index (χ3v) is 2.59. The fourth-order valence-electron chi connectivity index (χ4n) is 1.41. The van der Waals surface area contributed by atoms with Crippen molar-refractivity contribution in [2.75, 3.05) is 20.3 Å². The summed E-state index contributed by atoms with van der Waals surface area (Å²) < 4.78 is 4.88. The molecule has 1 heterocycles. The Balaban J connectivity index is 2.48. The molecule has 86 valence electrons. The summed E-state index contributed by atoms with van der Waals surface area (Å²) in [4.78, 5) is 15.7. The Morgan fingerprint density at radius 3 is 2.93 bits per heavy atom. The molecule has 0 aliphatic carbocycles. The van der Waals surface area contributed by atoms with E-state index in [4.69, 9.17) is 4.74 Å². The number of nitrogens with zero attached hydrogens (tertiary/aromatic N) is 1. The molecule has 1 amide bonds. The lowest BCUT2D eigenvalue weighted by Crippen LogP contribution is -2.35. The van der Waals surface area contributed by atoms with Gasteiger partial charge in [-0.1, -0.05) is 20.3 Å². The van der Waals surface area contributed by atoms with Gasteiger partial charge in [-0.25, -0.2) is 0 Å². The highest BCUT2D eigenvalue weighted by Crippen LogP contribution is 2.10. The SMILES string of the molecule is CCC(C)C1NC(=NCCOC)NC1=O. The number of hydrogen-bond donors (Lipinski definition) is 2. The molecular weight excluding hydrogens is 194 g/mol. The molecule has 2 unspecified atom stereocenters. The average molecular weight is 213 g/mol. The number of nitrogens with one attached hydrogen (secondary N) is 2. The van der Waals surface area contributed by atoms with E-state index in [-0.39, 0.29) is 11.9 Å². The predicted octanol–water partition coefficient (Wildman–Crippen LogP) is 0.123. The molecule has 5 nitrogen and oxygen atoms in total. The number of carbonyl (C=O) groups is 1. The zero-order chi connectivity index (χ0) is 11.3. The number of methoxy groups -OCH3 is 1. The maximum atomic E-state index is 11.5. The molecule has 1 saturated heterocycles. The van der Waals surface area contributed by atoms with Gasteiger partial charge in [0, 0.05) is 7.11 Å². The van der Waals surface area contributed by atoms with Crippen molar-refractivity contribution in [3.05, 3.63) is 0 Å². The first-order valence-electron chi connectivity index (χ1n) is 5.29. The molecule has 0 aromatic heterocycles. The van der Waals surface area contributed by atoms with Gasteiger partial charge in [0.15, 0.2) is 5.96 Å². The highest BCUT2D eigenvalue weighted by atomic mass is 16.5. The predicted molar refractivity (Wildman–Crippen MR) is 58.7 cm³/mol. The van der Waals surface area contributed by atoms with E-state index in [9.17, 15) is 4.79 Å². The quantitative estimate of drug-likeness (QED) is 0.638. The van der Waals surface area contributed by atoms with Crippen molar-refractivity contribution in [2.45, 2.75) is 26.3 Å². The Morgan fingerprint density at radius 1 is 1.60 bits per heavy atom. The minimum absolute atomic E-state index is 0.0144. The van der Waals surface area contributed by atoms with E-state index >= 15 is 0 Å². The summed E-state index contributed by atoms with van der Waals surface area (Å²) in [5.41, 5.74) is 0. The molecule has 2 atom stereocenters. The molecule has 5 heteroatoms. The number of guanidine groups is 1. The van der Waals surface area contributed by atoms with Gasteiger partial charge in [0.1, 0.15) is 6.04 Å². The first-order chi connectivity index (χ1) is 7.19. The first kappa shape index (κ1) is 12.0. The average Bonchev–Trinajstić information content (AvgIpc) is 2.59. The van der Waals surface area contributed by atoms with E-state index in [1.54, 1.807) is 7.11 Å². The van der Waals surface area contributed by atoms with Gasteiger partial charge >= 0.3 is 0 Å². The zero-order valence-corrected chi connectivity index (χ0v) is 9.54. The molecule has 1 aliphatic heterocycles. The van der Waals surface area contributed by atoms with Crippen molar-refractivity contribution in [1.29, 1.82) is 0 Å². The van der Waals surface area contributed by atoms with E-state index in [1.165, 1.54) is 0 Å². The molecule has 0 spiro atoms. The van der Waals surface area contributed by atoms with Crippen LogP contribution in [0.3, 0.4) is 0 Å². The fourth-order valence-corrected chi connectivity index (χ4v) is 1.41. The van der Waals surface area contributed by atoms with Crippen molar-refractivity contribution in [1.82, 2.24) is 10.6 Å². The number of rotatable bonds is 5. The number of hydrogen-bond acceptors (Lipinski definition) is 3. The second kappa shape index (κ2) is 5.70. The Morgan fingerprint density at radius 2 is 2.33 bits per heavy atom. The van der Waals surface area contributed by atoms with Gasteiger partial charge in [0.05, 0.1) is 13.2 Å². The van der Waals surface area contributed by atoms with E-state index in [0.717, 1.165) is 6.42 Å². The topological polar surface area (TPSA) is 62.7 Å². The summed E-state index contributed by atoms with van der Waals surface area (Å²) in [6.45, 7) is 5.25. The smallest absolute Gasteiger partial charge is 0.249 e. The molecule has 0 aromatic rings. The van der Waals surface area contributed by atoms with E-state index in [2.05, 4.69) is 29.5 Å². The van der Waals surface area contributed by atoms with Crippen molar-refractivity contribution >= 4 is 11.9 Å². The lowest BCUT2D eigenvalue weighted by atomic mass is 10.00. The van der Waals surface area contributed by atoms with Crippen LogP contribution in [0.25, 0.3) is 0 Å². The summed E-state index contributed by atoms with van der Waals surface area (Å²) >= 11 is 0. The highest BCUT2D eigenvalue weighted by Gasteiger charge is 2.31. The lowest BCUT2D eigenvalue weighted by molar-refractivity contribution is -0.121. The molecule has 1 fully saturated rings. The van der Waals surface area contributed by atoms with Crippen LogP contribution in [0.5, 0.6) is 0 Å². The van der Waals surface area contributed by atoms with Crippen molar-refractivity contribution in [3.8, 4) is 0 Å². The van der Waals surface area contributed by atoms with Crippen molar-refractivity contribution in [2.24, 2.45) is 10.9 Å². The van der Waals surface area contributed by atoms with Gasteiger partial charge in [0.2, 0.25) is 5.91 Å². The maximum absolute atomic E-state index is 11.5. The van der Waals surface area contributed by atoms with Crippen LogP contribution < -0.4 is 10.6 Å². The molecule has 0 saturated carbocycles. The van der Waals surface area contributed by atoms with Crippen LogP contribution in [0, 0.1) is 5.92 Å². The van der Waals surface area contributed by atoms with E-state index in [0.29, 0.717) is 25.0 Å². The van der Waals surface area contributed by atoms with Crippen LogP contribution in [0.1, 0.15) is 20.3 Å². The molecular formula is C10H19N3O2. The van der Waals surface area contributed by atoms with Crippen LogP contribution in [0.4, 0.5) is 0 Å². The van der Waals surface area contributed by atoms with Gasteiger partial charge in [-0.15, -0.1) is 0 Å². The fraction of sp³-hybridized carbons (Fsp3) is 0.800. The van der Waals surface area contributed by atoms with Crippen LogP contribution in [0.2, 0.25) is 0 Å². The summed E-state index contributed by atoms with van der Waals surface area (Å²) in [5.74, 6) is 0.906. The molecule has 0 radical (unpaired) electrons. The van der Waals surface area contributed by atoms with Gasteiger partial charge in [-0.2, -0.15) is 0 Å². The lowest BCUT2D eigenvalue weighted by Gasteiger charge is -2.14. The molecule has 1 rings (SSSR count). The van der Waals surface area contributed by atoms with Crippen LogP contribution >= 0.6 is 0 Å². The largest absolute Gasteiger partial charge is 0.383 e. The third kappa shape index (κ3) is 3.20. The second-order valence-electron chi connectivity index (χ2n) is 3.72. The van der Waals surface area contributed by atoms with Crippen LogP contribution in [0.15, 0.2) is 4.99 Å². The maximum Gasteiger partial charge on any atom is 0.249 e. The van der Waals surface area contributed by atoms with E-state index < -0.39 is 0 Å². The minimum Gasteiger partial charge on any atom is -0.383 e. The summed E-state index contributed by atoms with van der Waals surface area (Å²) in [6, 6.07) is -0.142. The Hall–Kier alpha value is -1.10. The van der Waals surface area contributed by atoms with Gasteiger partial charge in [0.25, 0.3) is 0 Å². The van der Waals surface area contributed by atoms with Gasteiger partial charge in [-0.05, 0) is 5.92 Å². The first-order valence-corrected chi connectivity index (χ1v) is 5.29. The van der Waals surface area contributed by atoms with Gasteiger partial charge in [-0.3, -0.25) is 15.1 Å². The van der Waals surface area contributed by atoms with Crippen LogP contribution in [-0.4, -0.2) is 38.2 Å². The zero-order valence-electron chi connectivity index (χ0n) is 9.54. The normalized spacial score (nSPS) is 25.1. The highest BCUT2D eigenvalue weighted by molar-refractivity contribution is 6.06. The van der Waals surface area contributed by atoms with E-state index in [1.807, 2.05) is 0 Å². The standard InChI is InChI=1S/C10H19N3O2/c1-4-7(2)8-9(14)13-10(12-8)11-5-6-15-3/h7-8H,4-6H2,1-3H3,(H2,11,12,13,14). The second-order valence-corrected chi connectivity index (χ2v) is 3.72. The number of carbonyl (C=O) groups excluding carboxylic acids is 1. The van der Waals surface area contributed by atoms with Crippen molar-refractivity contribution < 1.29 is 9.53 Å².